The lowest BCUT2D eigenvalue weighted by molar-refractivity contribution is -0.131. The Morgan fingerprint density at radius 3 is 1.22 bits per heavy atom. The second kappa shape index (κ2) is 25.4. The Kier molecular flexibility index (Phi) is 21.5. The van der Waals surface area contributed by atoms with E-state index in [2.05, 4.69) is 83.7 Å². The molecule has 0 unspecified atom stereocenters. The second-order valence-electron chi connectivity index (χ2n) is 12.2. The fourth-order valence-electron chi connectivity index (χ4n) is 4.80. The van der Waals surface area contributed by atoms with Gasteiger partial charge in [-0.15, -0.1) is 0 Å². The molecule has 0 aromatic heterocycles. The normalized spacial score (nSPS) is 9.67. The highest BCUT2D eigenvalue weighted by molar-refractivity contribution is 14.1. The van der Waals surface area contributed by atoms with Crippen molar-refractivity contribution in [1.82, 2.24) is 0 Å². The van der Waals surface area contributed by atoms with E-state index >= 15 is 0 Å². The third-order valence-electron chi connectivity index (χ3n) is 7.56. The van der Waals surface area contributed by atoms with E-state index in [0.717, 1.165) is 28.9 Å². The maximum absolute atomic E-state index is 12.3. The summed E-state index contributed by atoms with van der Waals surface area (Å²) in [6.07, 6.45) is 0. The minimum absolute atomic E-state index is 0. The summed E-state index contributed by atoms with van der Waals surface area (Å²) in [6, 6.07) is 36.0. The molecule has 6 rings (SSSR count). The lowest BCUT2D eigenvalue weighted by atomic mass is 10.1. The van der Waals surface area contributed by atoms with E-state index in [1.807, 2.05) is 74.5 Å². The van der Waals surface area contributed by atoms with E-state index < -0.39 is 11.9 Å². The molecule has 0 aliphatic rings. The summed E-state index contributed by atoms with van der Waals surface area (Å²) in [6.45, 7) is 5.06. The molecule has 6 aromatic rings. The van der Waals surface area contributed by atoms with Crippen molar-refractivity contribution in [2.75, 3.05) is 23.1 Å². The molecule has 0 saturated carbocycles. The van der Waals surface area contributed by atoms with Gasteiger partial charge >= 0.3 is 5.97 Å². The first kappa shape index (κ1) is 50.9. The number of rotatable bonds is 7. The van der Waals surface area contributed by atoms with Crippen molar-refractivity contribution in [3.8, 4) is 23.0 Å². The Balaban J connectivity index is 0.000000302. The summed E-state index contributed by atoms with van der Waals surface area (Å²) in [5.74, 6) is -1.53. The average molecular weight is 1150 g/mol. The van der Waals surface area contributed by atoms with E-state index in [4.69, 9.17) is 9.84 Å². The van der Waals surface area contributed by atoms with Gasteiger partial charge in [-0.25, -0.2) is 0 Å². The van der Waals surface area contributed by atoms with Gasteiger partial charge in [0.2, 0.25) is 0 Å². The first-order valence-corrected chi connectivity index (χ1v) is 20.6. The topological polar surface area (TPSA) is 195 Å². The zero-order valence-electron chi connectivity index (χ0n) is 32.1. The van der Waals surface area contributed by atoms with Crippen LogP contribution in [0.1, 0.15) is 56.6 Å². The van der Waals surface area contributed by atoms with E-state index in [1.54, 1.807) is 42.5 Å². The number of aromatic hydroxyl groups is 3. The van der Waals surface area contributed by atoms with Crippen LogP contribution in [0.2, 0.25) is 0 Å². The van der Waals surface area contributed by atoms with E-state index in [9.17, 15) is 34.5 Å². The molecule has 0 aliphatic heterocycles. The Morgan fingerprint density at radius 2 is 0.817 bits per heavy atom. The number of carbonyl (C=O) groups is 4. The van der Waals surface area contributed by atoms with Crippen molar-refractivity contribution in [3.05, 3.63) is 166 Å². The molecule has 60 heavy (non-hydrogen) atoms. The van der Waals surface area contributed by atoms with Crippen molar-refractivity contribution >= 4 is 109 Å². The van der Waals surface area contributed by atoms with Crippen LogP contribution < -0.4 is 20.7 Å². The summed E-state index contributed by atoms with van der Waals surface area (Å²) in [7, 11) is 1.00. The van der Waals surface area contributed by atoms with Crippen LogP contribution in [0.5, 0.6) is 23.0 Å². The number of nitrogens with one attached hydrogen (secondary N) is 3. The third kappa shape index (κ3) is 16.8. The average Bonchev–Trinajstić information content (AvgIpc) is 3.21. The van der Waals surface area contributed by atoms with Crippen molar-refractivity contribution < 1.29 is 44.3 Å². The highest BCUT2D eigenvalue weighted by Crippen LogP contribution is 2.25. The number of benzene rings is 6. The maximum atomic E-state index is 12.3. The zero-order chi connectivity index (χ0) is 43.6. The van der Waals surface area contributed by atoms with Crippen LogP contribution in [0.25, 0.3) is 0 Å². The molecule has 0 aliphatic carbocycles. The van der Waals surface area contributed by atoms with Crippen LogP contribution in [0, 0.1) is 24.6 Å². The van der Waals surface area contributed by atoms with Crippen molar-refractivity contribution in [2.45, 2.75) is 28.2 Å². The van der Waals surface area contributed by atoms with Gasteiger partial charge in [-0.1, -0.05) is 30.7 Å². The van der Waals surface area contributed by atoms with Crippen molar-refractivity contribution in [3.63, 3.8) is 0 Å². The highest BCUT2D eigenvalue weighted by Gasteiger charge is 2.16. The zero-order valence-corrected chi connectivity index (χ0v) is 38.6. The van der Waals surface area contributed by atoms with Crippen LogP contribution in [0.15, 0.2) is 127 Å². The monoisotopic (exact) mass is 1150 g/mol. The van der Waals surface area contributed by atoms with E-state index in [0.29, 0.717) is 22.6 Å². The first-order chi connectivity index (χ1) is 28.1. The van der Waals surface area contributed by atoms with Gasteiger partial charge in [0.05, 0.1) is 16.7 Å². The summed E-state index contributed by atoms with van der Waals surface area (Å²) >= 11 is 6.56. The lowest BCUT2D eigenvalue weighted by Crippen LogP contribution is -2.15. The van der Waals surface area contributed by atoms with Crippen LogP contribution in [-0.4, -0.2) is 51.2 Å². The lowest BCUT2D eigenvalue weighted by Gasteiger charge is -2.10. The number of aryl methyl sites for hydroxylation is 2. The van der Waals surface area contributed by atoms with Gasteiger partial charge in [0, 0.05) is 41.8 Å². The first-order valence-electron chi connectivity index (χ1n) is 17.3. The molecule has 0 spiro atoms. The number of phenolic OH excluding ortho intramolecular Hbond substituents is 3. The molecule has 3 amide bonds. The van der Waals surface area contributed by atoms with Crippen molar-refractivity contribution in [2.24, 2.45) is 0 Å². The summed E-state index contributed by atoms with van der Waals surface area (Å²) in [5, 5.41) is 43.7. The Hall–Kier alpha value is -5.25. The van der Waals surface area contributed by atoms with Crippen LogP contribution in [-0.2, 0) is 4.79 Å². The number of hydrogen-bond donors (Lipinski definition) is 7. The van der Waals surface area contributed by atoms with Gasteiger partial charge in [-0.05, 0) is 197 Å². The van der Waals surface area contributed by atoms with Gasteiger partial charge in [0.25, 0.3) is 17.7 Å². The number of aliphatic hydroxyl groups excluding tert-OH is 1. The summed E-state index contributed by atoms with van der Waals surface area (Å²) < 4.78 is 8.32. The molecule has 7 N–H and O–H groups in total. The standard InChI is InChI=1S/C16H14INO3.C14H12INO2.C13H10INO3.CH4O.CH4/c1-10-3-8-15(21-11(2)19)14(9-10)16(20)18-13-6-4-12(17)5-7-13;1-9-2-7-13(17)12(8-9)14(18)16-11-5-3-10(15)4-6-11;14-8-1-3-9(4-2-8)15-13(18)11-7-10(16)5-6-12(11)17;1-2;/h3-9H,1-2H3,(H,18,20);2-8,17H,1H3,(H,16,18);1-7,16-17H,(H,15,18);2H,1H3;1H4. The number of esters is 1. The molecule has 0 heterocycles. The molecule has 6 aromatic carbocycles. The second-order valence-corrected chi connectivity index (χ2v) is 15.9. The van der Waals surface area contributed by atoms with Gasteiger partial charge in [0.15, 0.2) is 0 Å². The maximum Gasteiger partial charge on any atom is 0.308 e. The molecule has 0 bridgehead atoms. The smallest absolute Gasteiger partial charge is 0.308 e. The Labute approximate surface area is 389 Å². The van der Waals surface area contributed by atoms with Gasteiger partial charge in [0.1, 0.15) is 23.0 Å². The van der Waals surface area contributed by atoms with Crippen LogP contribution in [0.3, 0.4) is 0 Å². The fourth-order valence-corrected chi connectivity index (χ4v) is 5.88. The number of aliphatic hydroxyl groups is 1. The molecular formula is C45H44I3N3O9. The van der Waals surface area contributed by atoms with Crippen molar-refractivity contribution in [1.29, 1.82) is 0 Å². The van der Waals surface area contributed by atoms with Crippen LogP contribution in [0.4, 0.5) is 17.1 Å². The van der Waals surface area contributed by atoms with E-state index in [1.165, 1.54) is 31.2 Å². The van der Waals surface area contributed by atoms with Crippen LogP contribution >= 0.6 is 67.8 Å². The summed E-state index contributed by atoms with van der Waals surface area (Å²) in [5.41, 5.74) is 4.53. The molecule has 12 nitrogen and oxygen atoms in total. The molecule has 0 fully saturated rings. The Morgan fingerprint density at radius 1 is 0.483 bits per heavy atom. The molecular weight excluding hydrogens is 1110 g/mol. The molecule has 314 valence electrons. The number of hydrogen-bond acceptors (Lipinski definition) is 9. The van der Waals surface area contributed by atoms with E-state index in [-0.39, 0.29) is 53.4 Å². The minimum Gasteiger partial charge on any atom is -0.508 e. The Bertz CT molecular complexity index is 2270. The predicted octanol–water partition coefficient (Wildman–Crippen LogP) is 10.5. The number of ether oxygens (including phenoxy) is 1. The van der Waals surface area contributed by atoms with Gasteiger partial charge in [-0.3, -0.25) is 19.2 Å². The van der Waals surface area contributed by atoms with Gasteiger partial charge in [-0.2, -0.15) is 0 Å². The number of phenols is 3. The number of halogens is 3. The predicted molar refractivity (Wildman–Crippen MR) is 261 cm³/mol. The van der Waals surface area contributed by atoms with Gasteiger partial charge < -0.3 is 41.1 Å². The largest absolute Gasteiger partial charge is 0.508 e. The quantitative estimate of drug-likeness (QED) is 0.0352. The molecule has 15 heteroatoms. The number of amides is 3. The minimum atomic E-state index is -0.468. The number of anilines is 3. The molecule has 0 saturated heterocycles. The number of carbonyl (C=O) groups excluding carboxylic acids is 4. The molecule has 0 radical (unpaired) electrons. The fraction of sp³-hybridized carbons (Fsp3) is 0.111. The summed E-state index contributed by atoms with van der Waals surface area (Å²) in [4.78, 5) is 47.4. The SMILES string of the molecule is C.CC(=O)Oc1ccc(C)cc1C(=O)Nc1ccc(I)cc1.CO.Cc1ccc(O)c(C(=O)Nc2ccc(I)cc2)c1.O=C(Nc1ccc(I)cc1)c1cc(O)ccc1O. The highest BCUT2D eigenvalue weighted by atomic mass is 127. The third-order valence-corrected chi connectivity index (χ3v) is 9.72. The molecule has 0 atom stereocenters.